The molecule has 2 rings (SSSR count). The summed E-state index contributed by atoms with van der Waals surface area (Å²) in [5.41, 5.74) is 5.76. The van der Waals surface area contributed by atoms with E-state index in [1.54, 1.807) is 0 Å². The fraction of sp³-hybridized carbons (Fsp3) is 0.552. The van der Waals surface area contributed by atoms with Gasteiger partial charge in [-0.15, -0.1) is 0 Å². The summed E-state index contributed by atoms with van der Waals surface area (Å²) >= 11 is 0. The van der Waals surface area contributed by atoms with Gasteiger partial charge in [-0.25, -0.2) is 0 Å². The molecule has 0 fully saturated rings. The van der Waals surface area contributed by atoms with Crippen molar-refractivity contribution < 1.29 is 9.90 Å². The molecule has 0 aromatic heterocycles. The van der Waals surface area contributed by atoms with Crippen LogP contribution in [0.1, 0.15) is 84.9 Å². The van der Waals surface area contributed by atoms with Crippen molar-refractivity contribution in [3.05, 3.63) is 57.7 Å². The number of carbonyl (C=O) groups is 1. The van der Waals surface area contributed by atoms with Crippen molar-refractivity contribution in [3.8, 4) is 5.75 Å². The predicted molar refractivity (Wildman–Crippen MR) is 132 cm³/mol. The smallest absolute Gasteiger partial charge is 0.185 e. The summed E-state index contributed by atoms with van der Waals surface area (Å²) < 4.78 is 0. The Morgan fingerprint density at radius 3 is 1.42 bits per heavy atom. The highest BCUT2D eigenvalue weighted by atomic mass is 16.3. The minimum absolute atomic E-state index is 0.204. The number of carbonyl (C=O) groups excluding carboxylic acids is 1. The Bertz CT molecular complexity index is 813. The quantitative estimate of drug-likeness (QED) is 0.396. The van der Waals surface area contributed by atoms with Gasteiger partial charge in [0.05, 0.1) is 0 Å². The highest BCUT2D eigenvalue weighted by Crippen LogP contribution is 2.32. The molecule has 0 heterocycles. The maximum absolute atomic E-state index is 13.0. The van der Waals surface area contributed by atoms with Crippen LogP contribution in [0.15, 0.2) is 41.0 Å². The second kappa shape index (κ2) is 11.0. The summed E-state index contributed by atoms with van der Waals surface area (Å²) in [5.74, 6) is 2.15. The van der Waals surface area contributed by atoms with Gasteiger partial charge >= 0.3 is 0 Å². The molecule has 2 nitrogen and oxygen atoms in total. The van der Waals surface area contributed by atoms with E-state index in [0.717, 1.165) is 59.1 Å². The number of Topliss-reactive ketones (excluding diaryl/α,β-unsaturated/α-hetero) is 1. The van der Waals surface area contributed by atoms with Crippen LogP contribution in [0, 0.1) is 23.7 Å². The van der Waals surface area contributed by atoms with E-state index >= 15 is 0 Å². The van der Waals surface area contributed by atoms with Crippen LogP contribution in [-0.4, -0.2) is 5.78 Å². The minimum atomic E-state index is 0.204. The first-order chi connectivity index (χ1) is 14.5. The molecule has 1 aliphatic rings. The van der Waals surface area contributed by atoms with Gasteiger partial charge < -0.3 is 0 Å². The molecule has 0 bridgehead atoms. The Morgan fingerprint density at radius 1 is 0.677 bits per heavy atom. The van der Waals surface area contributed by atoms with Gasteiger partial charge in [0.25, 0.3) is 0 Å². The zero-order valence-corrected chi connectivity index (χ0v) is 20.8. The first-order valence-electron chi connectivity index (χ1n) is 12.0. The molecule has 1 radical (unpaired) electrons. The van der Waals surface area contributed by atoms with Crippen LogP contribution in [-0.2, 0) is 22.7 Å². The van der Waals surface area contributed by atoms with Gasteiger partial charge in [-0.1, -0.05) is 55.4 Å². The van der Waals surface area contributed by atoms with Crippen molar-refractivity contribution in [3.63, 3.8) is 0 Å². The Hall–Kier alpha value is -2.09. The highest BCUT2D eigenvalue weighted by molar-refractivity contribution is 6.10. The van der Waals surface area contributed by atoms with Crippen LogP contribution in [0.4, 0.5) is 0 Å². The lowest BCUT2D eigenvalue weighted by Gasteiger charge is -2.19. The number of hydrogen-bond donors (Lipinski definition) is 0. The molecule has 0 unspecified atom stereocenters. The zero-order chi connectivity index (χ0) is 23.3. The van der Waals surface area contributed by atoms with Crippen LogP contribution >= 0.6 is 0 Å². The highest BCUT2D eigenvalue weighted by Gasteiger charge is 2.22. The molecule has 0 saturated carbocycles. The standard InChI is InChI=1S/C29H41O2/c1-18(2)9-24-14-22(15-25(28(24)30)10-19(3)4)13-23-16-26(11-20(5)6)29(31)27(17-23)12-21(7)8/h13-21H,9-12H2,1-8H3. The normalized spacial score (nSPS) is 14.7. The molecule has 0 saturated heterocycles. The first kappa shape index (κ1) is 25.2. The van der Waals surface area contributed by atoms with Gasteiger partial charge in [0.2, 0.25) is 0 Å². The van der Waals surface area contributed by atoms with E-state index in [0.29, 0.717) is 23.7 Å². The molecule has 1 aromatic rings. The SMILES string of the molecule is CC(C)CC1=CC(=Cc2cc(CC(C)C)c([O])c(CC(C)C)c2)C=C(CC(C)C)C1=O. The molecule has 1 aromatic carbocycles. The monoisotopic (exact) mass is 421 g/mol. The number of benzene rings is 1. The predicted octanol–water partition coefficient (Wildman–Crippen LogP) is 8.14. The van der Waals surface area contributed by atoms with E-state index in [9.17, 15) is 9.90 Å². The molecule has 0 atom stereocenters. The van der Waals surface area contributed by atoms with E-state index in [2.05, 4.69) is 85.8 Å². The third-order valence-corrected chi connectivity index (χ3v) is 5.38. The summed E-state index contributed by atoms with van der Waals surface area (Å²) in [6.45, 7) is 17.2. The Labute approximate surface area is 190 Å². The summed E-state index contributed by atoms with van der Waals surface area (Å²) in [7, 11) is 0. The average Bonchev–Trinajstić information content (AvgIpc) is 2.61. The maximum Gasteiger partial charge on any atom is 0.185 e. The van der Waals surface area contributed by atoms with Gasteiger partial charge in [-0.2, -0.15) is 0 Å². The molecule has 31 heavy (non-hydrogen) atoms. The Morgan fingerprint density at radius 2 is 1.06 bits per heavy atom. The molecule has 0 aliphatic heterocycles. The Balaban J connectivity index is 2.56. The van der Waals surface area contributed by atoms with Crippen molar-refractivity contribution in [2.45, 2.75) is 81.1 Å². The van der Waals surface area contributed by atoms with Crippen LogP contribution in [0.3, 0.4) is 0 Å². The molecule has 0 amide bonds. The number of ketones is 1. The molecule has 2 heteroatoms. The van der Waals surface area contributed by atoms with Crippen LogP contribution < -0.4 is 0 Å². The van der Waals surface area contributed by atoms with E-state index in [-0.39, 0.29) is 11.5 Å². The molecular formula is C29H41O2. The fourth-order valence-electron chi connectivity index (χ4n) is 4.29. The van der Waals surface area contributed by atoms with Gasteiger partial charge in [-0.3, -0.25) is 9.90 Å². The first-order valence-corrected chi connectivity index (χ1v) is 12.0. The van der Waals surface area contributed by atoms with Gasteiger partial charge in [0.15, 0.2) is 11.5 Å². The number of allylic oxidation sites excluding steroid dienone is 5. The second-order valence-electron chi connectivity index (χ2n) is 10.9. The average molecular weight is 422 g/mol. The van der Waals surface area contributed by atoms with Crippen LogP contribution in [0.2, 0.25) is 0 Å². The largest absolute Gasteiger partial charge is 0.289 e. The van der Waals surface area contributed by atoms with Crippen molar-refractivity contribution in [2.24, 2.45) is 23.7 Å². The third kappa shape index (κ3) is 7.52. The topological polar surface area (TPSA) is 37.0 Å². The zero-order valence-electron chi connectivity index (χ0n) is 20.8. The number of hydrogen-bond acceptors (Lipinski definition) is 1. The van der Waals surface area contributed by atoms with Crippen molar-refractivity contribution in [1.29, 1.82) is 0 Å². The van der Waals surface area contributed by atoms with Crippen LogP contribution in [0.25, 0.3) is 6.08 Å². The fourth-order valence-corrected chi connectivity index (χ4v) is 4.29. The number of rotatable bonds is 9. The Kier molecular flexibility index (Phi) is 8.91. The van der Waals surface area contributed by atoms with E-state index in [1.807, 2.05) is 0 Å². The van der Waals surface area contributed by atoms with Crippen molar-refractivity contribution in [2.75, 3.05) is 0 Å². The van der Waals surface area contributed by atoms with Crippen molar-refractivity contribution >= 4 is 11.9 Å². The maximum atomic E-state index is 13.0. The summed E-state index contributed by atoms with van der Waals surface area (Å²) in [6, 6.07) is 4.11. The summed E-state index contributed by atoms with van der Waals surface area (Å²) in [5, 5.41) is 13.0. The van der Waals surface area contributed by atoms with Gasteiger partial charge in [-0.05, 0) is 90.9 Å². The molecule has 169 valence electrons. The van der Waals surface area contributed by atoms with E-state index in [1.165, 1.54) is 0 Å². The third-order valence-electron chi connectivity index (χ3n) is 5.38. The van der Waals surface area contributed by atoms with E-state index < -0.39 is 0 Å². The lowest BCUT2D eigenvalue weighted by atomic mass is 9.84. The van der Waals surface area contributed by atoms with Gasteiger partial charge in [0.1, 0.15) is 0 Å². The second-order valence-corrected chi connectivity index (χ2v) is 10.9. The van der Waals surface area contributed by atoms with Gasteiger partial charge in [0, 0.05) is 22.3 Å². The van der Waals surface area contributed by atoms with Crippen LogP contribution in [0.5, 0.6) is 5.75 Å². The lowest BCUT2D eigenvalue weighted by Crippen LogP contribution is -2.14. The van der Waals surface area contributed by atoms with Crippen molar-refractivity contribution in [1.82, 2.24) is 0 Å². The van der Waals surface area contributed by atoms with E-state index in [4.69, 9.17) is 0 Å². The molecule has 0 spiro atoms. The summed E-state index contributed by atoms with van der Waals surface area (Å²) in [6.07, 6.45) is 9.44. The minimum Gasteiger partial charge on any atom is -0.289 e. The summed E-state index contributed by atoms with van der Waals surface area (Å²) in [4.78, 5) is 13.0. The molecule has 1 aliphatic carbocycles. The lowest BCUT2D eigenvalue weighted by molar-refractivity contribution is -0.112. The molecule has 0 N–H and O–H groups in total. The molecular weight excluding hydrogens is 380 g/mol.